The highest BCUT2D eigenvalue weighted by Gasteiger charge is 2.30. The highest BCUT2D eigenvalue weighted by Crippen LogP contribution is 2.17. The maximum Gasteiger partial charge on any atom is 0.225 e. The van der Waals surface area contributed by atoms with Gasteiger partial charge in [-0.15, -0.1) is 5.92 Å². The molecule has 1 amide bonds. The topological polar surface area (TPSA) is 20.3 Å². The first-order valence-corrected chi connectivity index (χ1v) is 5.30. The molecule has 78 valence electrons. The molecule has 0 radical (unpaired) electrons. The van der Waals surface area contributed by atoms with Gasteiger partial charge >= 0.3 is 0 Å². The Balaban J connectivity index is 2.31. The molecule has 0 bridgehead atoms. The molecule has 1 saturated heterocycles. The molecule has 1 fully saturated rings. The summed E-state index contributed by atoms with van der Waals surface area (Å²) in [6, 6.07) is 0. The molecule has 2 heteroatoms. The maximum atomic E-state index is 11.5. The third-order valence-corrected chi connectivity index (χ3v) is 2.26. The Bertz CT molecular complexity index is 264. The van der Waals surface area contributed by atoms with Crippen LogP contribution in [0.4, 0.5) is 0 Å². The summed E-state index contributed by atoms with van der Waals surface area (Å²) in [5, 5.41) is 0. The molecule has 1 aliphatic heterocycles. The third kappa shape index (κ3) is 2.77. The van der Waals surface area contributed by atoms with Gasteiger partial charge in [-0.3, -0.25) is 4.79 Å². The zero-order chi connectivity index (χ0) is 10.7. The number of hydrogen-bond acceptors (Lipinski definition) is 1. The number of hydrogen-bond donors (Lipinski definition) is 0. The van der Waals surface area contributed by atoms with Crippen LogP contribution < -0.4 is 0 Å². The molecule has 0 aliphatic carbocycles. The summed E-state index contributed by atoms with van der Waals surface area (Å²) < 4.78 is 0. The lowest BCUT2D eigenvalue weighted by molar-refractivity contribution is -0.139. The maximum absolute atomic E-state index is 11.5. The Labute approximate surface area is 86.7 Å². The minimum absolute atomic E-state index is 0.119. The lowest BCUT2D eigenvalue weighted by atomic mass is 9.98. The van der Waals surface area contributed by atoms with Gasteiger partial charge in [-0.25, -0.2) is 0 Å². The summed E-state index contributed by atoms with van der Waals surface area (Å²) in [6.45, 7) is 9.71. The first kappa shape index (κ1) is 11.1. The van der Waals surface area contributed by atoms with Crippen LogP contribution in [0.25, 0.3) is 0 Å². The summed E-state index contributed by atoms with van der Waals surface area (Å²) >= 11 is 0. The van der Waals surface area contributed by atoms with Gasteiger partial charge in [0.25, 0.3) is 0 Å². The lowest BCUT2D eigenvalue weighted by Crippen LogP contribution is -2.50. The van der Waals surface area contributed by atoms with Gasteiger partial charge in [-0.2, -0.15) is 0 Å². The van der Waals surface area contributed by atoms with Crippen LogP contribution in [0.3, 0.4) is 0 Å². The second-order valence-corrected chi connectivity index (χ2v) is 4.54. The predicted molar refractivity (Wildman–Crippen MR) is 57.5 cm³/mol. The normalized spacial score (nSPS) is 16.6. The van der Waals surface area contributed by atoms with Crippen molar-refractivity contribution in [1.82, 2.24) is 4.90 Å². The molecule has 0 aromatic rings. The number of carbonyl (C=O) groups is 1. The van der Waals surface area contributed by atoms with Gasteiger partial charge in [0, 0.05) is 24.9 Å². The van der Waals surface area contributed by atoms with E-state index in [2.05, 4.69) is 25.7 Å². The molecule has 0 aromatic carbocycles. The molecule has 0 N–H and O–H groups in total. The molecule has 14 heavy (non-hydrogen) atoms. The van der Waals surface area contributed by atoms with Crippen molar-refractivity contribution in [1.29, 1.82) is 0 Å². The van der Waals surface area contributed by atoms with Gasteiger partial charge in [-0.05, 0) is 0 Å². The minimum Gasteiger partial charge on any atom is -0.340 e. The van der Waals surface area contributed by atoms with Crippen LogP contribution in [-0.2, 0) is 4.79 Å². The highest BCUT2D eigenvalue weighted by molar-refractivity contribution is 5.79. The predicted octanol–water partition coefficient (Wildman–Crippen LogP) is 1.76. The van der Waals surface area contributed by atoms with Gasteiger partial charge < -0.3 is 4.90 Å². The molecule has 1 aliphatic rings. The van der Waals surface area contributed by atoms with E-state index < -0.39 is 0 Å². The van der Waals surface area contributed by atoms with E-state index in [-0.39, 0.29) is 11.8 Å². The zero-order valence-corrected chi connectivity index (χ0v) is 9.50. The Morgan fingerprint density at radius 2 is 1.86 bits per heavy atom. The van der Waals surface area contributed by atoms with Crippen LogP contribution in [0.1, 0.15) is 27.7 Å². The number of amides is 1. The molecule has 0 spiro atoms. The van der Waals surface area contributed by atoms with Crippen LogP contribution in [0.5, 0.6) is 0 Å². The fourth-order valence-electron chi connectivity index (χ4n) is 1.40. The van der Waals surface area contributed by atoms with Crippen molar-refractivity contribution in [3.8, 4) is 11.8 Å². The monoisotopic (exact) mass is 193 g/mol. The minimum atomic E-state index is 0.119. The van der Waals surface area contributed by atoms with E-state index in [0.717, 1.165) is 13.1 Å². The van der Waals surface area contributed by atoms with Gasteiger partial charge in [0.2, 0.25) is 5.91 Å². The van der Waals surface area contributed by atoms with Crippen molar-refractivity contribution >= 4 is 5.91 Å². The summed E-state index contributed by atoms with van der Waals surface area (Å²) in [5.41, 5.74) is 0. The van der Waals surface area contributed by atoms with Crippen LogP contribution >= 0.6 is 0 Å². The largest absolute Gasteiger partial charge is 0.340 e. The van der Waals surface area contributed by atoms with Crippen molar-refractivity contribution in [2.75, 3.05) is 13.1 Å². The molecule has 0 unspecified atom stereocenters. The van der Waals surface area contributed by atoms with E-state index in [1.165, 1.54) is 0 Å². The SMILES string of the molecule is CC(C)C#CC1CN(C(=O)C(C)C)C1. The third-order valence-electron chi connectivity index (χ3n) is 2.26. The van der Waals surface area contributed by atoms with Crippen LogP contribution in [0.15, 0.2) is 0 Å². The van der Waals surface area contributed by atoms with Gasteiger partial charge in [0.05, 0.1) is 5.92 Å². The van der Waals surface area contributed by atoms with Crippen LogP contribution in [-0.4, -0.2) is 23.9 Å². The standard InChI is InChI=1S/C12H19NO/c1-9(2)5-6-11-7-13(8-11)12(14)10(3)4/h9-11H,7-8H2,1-4H3. The molecular weight excluding hydrogens is 174 g/mol. The number of likely N-dealkylation sites (tertiary alicyclic amines) is 1. The van der Waals surface area contributed by atoms with Crippen LogP contribution in [0.2, 0.25) is 0 Å². The number of carbonyl (C=O) groups excluding carboxylic acids is 1. The summed E-state index contributed by atoms with van der Waals surface area (Å²) in [5.74, 6) is 7.57. The summed E-state index contributed by atoms with van der Waals surface area (Å²) in [6.07, 6.45) is 0. The quantitative estimate of drug-likeness (QED) is 0.581. The van der Waals surface area contributed by atoms with E-state index >= 15 is 0 Å². The van der Waals surface area contributed by atoms with E-state index in [1.54, 1.807) is 0 Å². The van der Waals surface area contributed by atoms with E-state index in [4.69, 9.17) is 0 Å². The smallest absolute Gasteiger partial charge is 0.225 e. The number of nitrogens with zero attached hydrogens (tertiary/aromatic N) is 1. The second kappa shape index (κ2) is 4.50. The summed E-state index contributed by atoms with van der Waals surface area (Å²) in [7, 11) is 0. The van der Waals surface area contributed by atoms with Crippen molar-refractivity contribution in [3.63, 3.8) is 0 Å². The van der Waals surface area contributed by atoms with Crippen LogP contribution in [0, 0.1) is 29.6 Å². The molecule has 2 nitrogen and oxygen atoms in total. The van der Waals surface area contributed by atoms with Crippen molar-refractivity contribution in [2.24, 2.45) is 17.8 Å². The molecular formula is C12H19NO. The van der Waals surface area contributed by atoms with E-state index in [1.807, 2.05) is 18.7 Å². The first-order chi connectivity index (χ1) is 6.50. The molecule has 0 atom stereocenters. The van der Waals surface area contributed by atoms with Gasteiger partial charge in [0.1, 0.15) is 0 Å². The average molecular weight is 193 g/mol. The zero-order valence-electron chi connectivity index (χ0n) is 9.50. The van der Waals surface area contributed by atoms with Crippen molar-refractivity contribution < 1.29 is 4.79 Å². The Morgan fingerprint density at radius 1 is 1.29 bits per heavy atom. The fraction of sp³-hybridized carbons (Fsp3) is 0.750. The second-order valence-electron chi connectivity index (χ2n) is 4.54. The fourth-order valence-corrected chi connectivity index (χ4v) is 1.40. The highest BCUT2D eigenvalue weighted by atomic mass is 16.2. The first-order valence-electron chi connectivity index (χ1n) is 5.30. The van der Waals surface area contributed by atoms with Gasteiger partial charge in [-0.1, -0.05) is 33.6 Å². The van der Waals surface area contributed by atoms with E-state index in [9.17, 15) is 4.79 Å². The Morgan fingerprint density at radius 3 is 2.29 bits per heavy atom. The Hall–Kier alpha value is -0.970. The molecule has 0 aromatic heterocycles. The average Bonchev–Trinajstić information content (AvgIpc) is 2.00. The molecule has 1 heterocycles. The van der Waals surface area contributed by atoms with Crippen molar-refractivity contribution in [2.45, 2.75) is 27.7 Å². The molecule has 1 rings (SSSR count). The Kier molecular flexibility index (Phi) is 3.57. The number of rotatable bonds is 1. The van der Waals surface area contributed by atoms with Crippen molar-refractivity contribution in [3.05, 3.63) is 0 Å². The lowest BCUT2D eigenvalue weighted by Gasteiger charge is -2.37. The van der Waals surface area contributed by atoms with Gasteiger partial charge in [0.15, 0.2) is 0 Å². The summed E-state index contributed by atoms with van der Waals surface area (Å²) in [4.78, 5) is 13.4. The van der Waals surface area contributed by atoms with E-state index in [0.29, 0.717) is 11.8 Å². The molecule has 0 saturated carbocycles.